The van der Waals surface area contributed by atoms with Crippen molar-refractivity contribution < 1.29 is 9.18 Å². The van der Waals surface area contributed by atoms with Crippen molar-refractivity contribution in [1.29, 1.82) is 0 Å². The second-order valence-corrected chi connectivity index (χ2v) is 9.12. The number of halogens is 1. The minimum absolute atomic E-state index is 0.104. The van der Waals surface area contributed by atoms with Crippen LogP contribution in [-0.4, -0.2) is 41.7 Å². The molecule has 4 nitrogen and oxygen atoms in total. The fraction of sp³-hybridized carbons (Fsp3) is 0.350. The maximum atomic E-state index is 13.8. The van der Waals surface area contributed by atoms with Gasteiger partial charge in [0.15, 0.2) is 5.13 Å². The van der Waals surface area contributed by atoms with Crippen molar-refractivity contribution in [2.45, 2.75) is 11.0 Å². The van der Waals surface area contributed by atoms with Crippen molar-refractivity contribution in [3.05, 3.63) is 70.7 Å². The van der Waals surface area contributed by atoms with Crippen molar-refractivity contribution in [2.75, 3.05) is 25.4 Å². The van der Waals surface area contributed by atoms with Crippen LogP contribution >= 0.6 is 23.1 Å². The summed E-state index contributed by atoms with van der Waals surface area (Å²) in [7, 11) is 0. The van der Waals surface area contributed by atoms with E-state index in [1.807, 2.05) is 30.3 Å². The van der Waals surface area contributed by atoms with Gasteiger partial charge >= 0.3 is 0 Å². The lowest BCUT2D eigenvalue weighted by Crippen LogP contribution is -2.60. The number of likely N-dealkylation sites (tertiary alicyclic amines) is 1. The molecular weight excluding hydrogens is 381 g/mol. The number of carbonyl (C=O) groups is 1. The van der Waals surface area contributed by atoms with E-state index in [-0.39, 0.29) is 22.1 Å². The van der Waals surface area contributed by atoms with E-state index in [0.29, 0.717) is 11.5 Å². The van der Waals surface area contributed by atoms with Gasteiger partial charge in [-0.05, 0) is 24.3 Å². The van der Waals surface area contributed by atoms with Gasteiger partial charge in [0.1, 0.15) is 5.50 Å². The zero-order chi connectivity index (χ0) is 18.9. The van der Waals surface area contributed by atoms with Crippen LogP contribution in [0.2, 0.25) is 0 Å². The topological polar surface area (TPSA) is 44.4 Å². The second-order valence-electron chi connectivity index (χ2n) is 6.95. The summed E-state index contributed by atoms with van der Waals surface area (Å²) in [6.07, 6.45) is 1.90. The molecule has 142 valence electrons. The second kappa shape index (κ2) is 7.75. The molecule has 0 saturated carbocycles. The predicted octanol–water partition coefficient (Wildman–Crippen LogP) is 3.25. The molecule has 2 N–H and O–H groups in total. The zero-order valence-corrected chi connectivity index (χ0v) is 16.5. The van der Waals surface area contributed by atoms with Crippen molar-refractivity contribution >= 4 is 29.0 Å². The molecule has 0 aliphatic carbocycles. The molecule has 3 atom stereocenters. The third-order valence-electron chi connectivity index (χ3n) is 5.20. The lowest BCUT2D eigenvalue weighted by Gasteiger charge is -2.43. The number of thioether (sulfide) groups is 1. The van der Waals surface area contributed by atoms with Gasteiger partial charge in [-0.25, -0.2) is 0 Å². The molecule has 3 unspecified atom stereocenters. The van der Waals surface area contributed by atoms with Crippen molar-refractivity contribution in [3.63, 3.8) is 0 Å². The zero-order valence-electron chi connectivity index (χ0n) is 14.9. The first-order valence-corrected chi connectivity index (χ1v) is 10.8. The summed E-state index contributed by atoms with van der Waals surface area (Å²) in [6, 6.07) is 12.6. The smallest absolute Gasteiger partial charge is 0.253 e. The SMILES string of the molecule is C=CCN1CC2CSC(NC(=O)c3ccccc3)NC2(c2ccc(F)s2)C1. The average molecular weight is 404 g/mol. The first-order chi connectivity index (χ1) is 13.1. The predicted molar refractivity (Wildman–Crippen MR) is 109 cm³/mol. The third kappa shape index (κ3) is 3.69. The summed E-state index contributed by atoms with van der Waals surface area (Å²) < 4.78 is 13.8. The molecule has 1 aromatic carbocycles. The van der Waals surface area contributed by atoms with Gasteiger partial charge < -0.3 is 5.32 Å². The van der Waals surface area contributed by atoms with E-state index in [9.17, 15) is 9.18 Å². The number of amides is 1. The van der Waals surface area contributed by atoms with E-state index < -0.39 is 0 Å². The van der Waals surface area contributed by atoms with Crippen molar-refractivity contribution in [2.24, 2.45) is 5.92 Å². The van der Waals surface area contributed by atoms with Gasteiger partial charge in [-0.1, -0.05) is 24.3 Å². The fourth-order valence-corrected chi connectivity index (χ4v) is 6.21. The molecule has 4 rings (SSSR count). The summed E-state index contributed by atoms with van der Waals surface area (Å²) in [4.78, 5) is 15.9. The van der Waals surface area contributed by atoms with Gasteiger partial charge in [-0.15, -0.1) is 29.7 Å². The van der Waals surface area contributed by atoms with Gasteiger partial charge in [0.25, 0.3) is 5.91 Å². The number of hydrogen-bond acceptors (Lipinski definition) is 5. The van der Waals surface area contributed by atoms with Crippen LogP contribution in [0.5, 0.6) is 0 Å². The van der Waals surface area contributed by atoms with Crippen LogP contribution in [0.15, 0.2) is 55.1 Å². The molecule has 0 bridgehead atoms. The highest BCUT2D eigenvalue weighted by Gasteiger charge is 2.52. The van der Waals surface area contributed by atoms with Gasteiger partial charge in [0.2, 0.25) is 0 Å². The van der Waals surface area contributed by atoms with E-state index >= 15 is 0 Å². The Balaban J connectivity index is 1.56. The summed E-state index contributed by atoms with van der Waals surface area (Å²) in [5.74, 6) is 1.15. The molecular formula is C20H22FN3OS2. The Morgan fingerprint density at radius 3 is 2.89 bits per heavy atom. The quantitative estimate of drug-likeness (QED) is 0.753. The number of rotatable bonds is 5. The highest BCUT2D eigenvalue weighted by atomic mass is 32.2. The Bertz CT molecular complexity index is 828. The molecule has 27 heavy (non-hydrogen) atoms. The molecule has 0 spiro atoms. The Morgan fingerprint density at radius 2 is 2.19 bits per heavy atom. The number of nitrogens with one attached hydrogen (secondary N) is 2. The number of thiophene rings is 1. The van der Waals surface area contributed by atoms with Crippen molar-refractivity contribution in [3.8, 4) is 0 Å². The molecule has 1 amide bonds. The molecule has 2 saturated heterocycles. The highest BCUT2D eigenvalue weighted by molar-refractivity contribution is 7.99. The van der Waals surface area contributed by atoms with E-state index in [0.717, 1.165) is 30.3 Å². The number of hydrogen-bond donors (Lipinski definition) is 2. The molecule has 2 aliphatic rings. The highest BCUT2D eigenvalue weighted by Crippen LogP contribution is 2.45. The number of fused-ring (bicyclic) bond motifs is 1. The maximum absolute atomic E-state index is 13.8. The number of nitrogens with zero attached hydrogens (tertiary/aromatic N) is 1. The summed E-state index contributed by atoms with van der Waals surface area (Å²) >= 11 is 2.89. The van der Waals surface area contributed by atoms with E-state index in [2.05, 4.69) is 22.1 Å². The van der Waals surface area contributed by atoms with Crippen LogP contribution in [0.3, 0.4) is 0 Å². The van der Waals surface area contributed by atoms with Gasteiger partial charge in [0, 0.05) is 41.7 Å². The largest absolute Gasteiger partial charge is 0.328 e. The standard InChI is InChI=1S/C20H22FN3OS2/c1-2-10-24-11-15-12-26-19(22-18(25)14-6-4-3-5-7-14)23-20(15,13-24)16-8-9-17(21)27-16/h2-9,15,19,23H,1,10-13H2,(H,22,25). The monoisotopic (exact) mass is 403 g/mol. The number of benzene rings is 1. The summed E-state index contributed by atoms with van der Waals surface area (Å²) in [6.45, 7) is 6.37. The summed E-state index contributed by atoms with van der Waals surface area (Å²) in [5.41, 5.74) is 0.0681. The normalized spacial score (nSPS) is 27.9. The van der Waals surface area contributed by atoms with E-state index in [4.69, 9.17) is 0 Å². The fourth-order valence-electron chi connectivity index (χ4n) is 3.96. The number of carbonyl (C=O) groups excluding carboxylic acids is 1. The van der Waals surface area contributed by atoms with Gasteiger partial charge in [0.05, 0.1) is 5.54 Å². The minimum atomic E-state index is -0.349. The molecule has 0 radical (unpaired) electrons. The van der Waals surface area contributed by atoms with Gasteiger partial charge in [-0.2, -0.15) is 4.39 Å². The summed E-state index contributed by atoms with van der Waals surface area (Å²) in [5, 5.41) is 6.55. The first-order valence-electron chi connectivity index (χ1n) is 8.95. The average Bonchev–Trinajstić information content (AvgIpc) is 3.26. The van der Waals surface area contributed by atoms with Crippen LogP contribution < -0.4 is 10.6 Å². The Labute approximate surface area is 166 Å². The molecule has 2 aromatic rings. The first kappa shape index (κ1) is 18.7. The molecule has 2 fully saturated rings. The van der Waals surface area contributed by atoms with Crippen LogP contribution in [0.1, 0.15) is 15.2 Å². The minimum Gasteiger partial charge on any atom is -0.328 e. The lowest BCUT2D eigenvalue weighted by molar-refractivity contribution is 0.0933. The van der Waals surface area contributed by atoms with Crippen LogP contribution in [0.25, 0.3) is 0 Å². The molecule has 2 aliphatic heterocycles. The molecule has 7 heteroatoms. The Kier molecular flexibility index (Phi) is 5.36. The van der Waals surface area contributed by atoms with Crippen molar-refractivity contribution in [1.82, 2.24) is 15.5 Å². The van der Waals surface area contributed by atoms with Gasteiger partial charge in [-0.3, -0.25) is 15.0 Å². The Hall–Kier alpha value is -1.67. The van der Waals surface area contributed by atoms with E-state index in [1.54, 1.807) is 23.9 Å². The molecule has 1 aromatic heterocycles. The van der Waals surface area contributed by atoms with Crippen LogP contribution in [-0.2, 0) is 5.54 Å². The molecule has 3 heterocycles. The lowest BCUT2D eigenvalue weighted by atomic mass is 9.86. The van der Waals surface area contributed by atoms with Crippen LogP contribution in [0.4, 0.5) is 4.39 Å². The Morgan fingerprint density at radius 1 is 1.37 bits per heavy atom. The third-order valence-corrected chi connectivity index (χ3v) is 7.41. The maximum Gasteiger partial charge on any atom is 0.253 e. The van der Waals surface area contributed by atoms with Crippen LogP contribution in [0, 0.1) is 11.0 Å². The van der Waals surface area contributed by atoms with E-state index in [1.165, 1.54) is 17.4 Å².